The summed E-state index contributed by atoms with van der Waals surface area (Å²) in [7, 11) is 0. The second-order valence-electron chi connectivity index (χ2n) is 7.34. The van der Waals surface area contributed by atoms with Crippen LogP contribution in [-0.4, -0.2) is 72.3 Å². The molecule has 0 saturated carbocycles. The van der Waals surface area contributed by atoms with Crippen molar-refractivity contribution in [2.24, 2.45) is 10.7 Å². The average molecular weight is 484 g/mol. The van der Waals surface area contributed by atoms with Crippen molar-refractivity contribution in [1.29, 1.82) is 0 Å². The molecule has 0 spiro atoms. The van der Waals surface area contributed by atoms with Crippen LogP contribution in [0.15, 0.2) is 4.99 Å². The molecule has 0 aromatic rings. The molecule has 0 radical (unpaired) electrons. The van der Waals surface area contributed by atoms with Crippen molar-refractivity contribution in [2.75, 3.05) is 32.7 Å². The number of amides is 1. The van der Waals surface area contributed by atoms with Gasteiger partial charge in [-0.15, -0.1) is 24.0 Å². The summed E-state index contributed by atoms with van der Waals surface area (Å²) in [5.41, 5.74) is 5.50. The van der Waals surface area contributed by atoms with Gasteiger partial charge in [0.2, 0.25) is 0 Å². The summed E-state index contributed by atoms with van der Waals surface area (Å²) in [5, 5.41) is 0. The smallest absolute Gasteiger partial charge is 0.410 e. The number of hydrogen-bond donors (Lipinski definition) is 1. The highest BCUT2D eigenvalue weighted by atomic mass is 127. The van der Waals surface area contributed by atoms with Gasteiger partial charge in [-0.3, -0.25) is 9.79 Å². The Morgan fingerprint density at radius 2 is 1.65 bits per heavy atom. The van der Waals surface area contributed by atoms with E-state index in [4.69, 9.17) is 15.2 Å². The van der Waals surface area contributed by atoms with Gasteiger partial charge >= 0.3 is 12.1 Å². The minimum Gasteiger partial charge on any atom is -0.463 e. The van der Waals surface area contributed by atoms with Crippen molar-refractivity contribution in [1.82, 2.24) is 9.80 Å². The monoisotopic (exact) mass is 484 g/mol. The molecule has 1 rings (SSSR count). The van der Waals surface area contributed by atoms with Crippen LogP contribution in [-0.2, 0) is 14.3 Å². The molecule has 1 heterocycles. The number of esters is 1. The van der Waals surface area contributed by atoms with Crippen LogP contribution in [0.3, 0.4) is 0 Å². The Balaban J connectivity index is 0.00000625. The normalized spacial score (nSPS) is 15.5. The Labute approximate surface area is 173 Å². The van der Waals surface area contributed by atoms with Crippen LogP contribution in [0, 0.1) is 0 Å². The number of nitrogens with zero attached hydrogens (tertiary/aromatic N) is 3. The molecule has 1 saturated heterocycles. The van der Waals surface area contributed by atoms with Crippen molar-refractivity contribution >= 4 is 42.0 Å². The first kappa shape index (κ1) is 24.7. The van der Waals surface area contributed by atoms with Crippen LogP contribution < -0.4 is 5.73 Å². The van der Waals surface area contributed by atoms with Gasteiger partial charge in [0.25, 0.3) is 0 Å². The second-order valence-corrected chi connectivity index (χ2v) is 7.34. The number of nitrogens with two attached hydrogens (primary N) is 1. The summed E-state index contributed by atoms with van der Waals surface area (Å²) < 4.78 is 10.4. The average Bonchev–Trinajstić information content (AvgIpc) is 2.49. The maximum Gasteiger partial charge on any atom is 0.410 e. The third-order valence-corrected chi connectivity index (χ3v) is 3.44. The van der Waals surface area contributed by atoms with E-state index in [0.717, 1.165) is 0 Å². The molecule has 152 valence electrons. The van der Waals surface area contributed by atoms with E-state index in [2.05, 4.69) is 4.99 Å². The number of carbonyl (C=O) groups is 2. The van der Waals surface area contributed by atoms with E-state index in [1.165, 1.54) is 0 Å². The molecule has 1 aliphatic heterocycles. The topological polar surface area (TPSA) is 97.5 Å². The minimum atomic E-state index is -0.495. The minimum absolute atomic E-state index is 0. The van der Waals surface area contributed by atoms with Gasteiger partial charge in [0, 0.05) is 39.1 Å². The number of piperazine rings is 1. The van der Waals surface area contributed by atoms with Gasteiger partial charge in [0.05, 0.1) is 6.10 Å². The highest BCUT2D eigenvalue weighted by molar-refractivity contribution is 14.0. The van der Waals surface area contributed by atoms with Gasteiger partial charge < -0.3 is 25.0 Å². The van der Waals surface area contributed by atoms with E-state index in [9.17, 15) is 9.59 Å². The fourth-order valence-electron chi connectivity index (χ4n) is 2.28. The van der Waals surface area contributed by atoms with Crippen LogP contribution >= 0.6 is 24.0 Å². The van der Waals surface area contributed by atoms with Crippen molar-refractivity contribution < 1.29 is 19.1 Å². The van der Waals surface area contributed by atoms with Crippen LogP contribution in [0.2, 0.25) is 0 Å². The summed E-state index contributed by atoms with van der Waals surface area (Å²) in [6.45, 7) is 12.0. The Bertz CT molecular complexity index is 484. The summed E-state index contributed by atoms with van der Waals surface area (Å²) in [4.78, 5) is 31.4. The second kappa shape index (κ2) is 11.5. The van der Waals surface area contributed by atoms with Crippen LogP contribution in [0.5, 0.6) is 0 Å². The van der Waals surface area contributed by atoms with Crippen molar-refractivity contribution in [3.05, 3.63) is 0 Å². The van der Waals surface area contributed by atoms with Crippen LogP contribution in [0.4, 0.5) is 4.79 Å². The molecule has 1 amide bonds. The SMILES string of the molecule is CC(C)OC(=O)CCCN=C(N)N1CCN(C(=O)OC(C)(C)C)CC1.I. The first-order valence-electron chi connectivity index (χ1n) is 8.81. The van der Waals surface area contributed by atoms with Gasteiger partial charge in [-0.05, 0) is 41.0 Å². The summed E-state index contributed by atoms with van der Waals surface area (Å²) in [5.74, 6) is 0.232. The van der Waals surface area contributed by atoms with Gasteiger partial charge in [0.15, 0.2) is 5.96 Å². The summed E-state index contributed by atoms with van der Waals surface area (Å²) in [6.07, 6.45) is 0.541. The Morgan fingerprint density at radius 3 is 2.15 bits per heavy atom. The molecule has 1 fully saturated rings. The lowest BCUT2D eigenvalue weighted by molar-refractivity contribution is -0.147. The predicted octanol–water partition coefficient (Wildman–Crippen LogP) is 2.20. The molecular formula is C17H33IN4O4. The zero-order valence-electron chi connectivity index (χ0n) is 16.5. The zero-order chi connectivity index (χ0) is 19.0. The fourth-order valence-corrected chi connectivity index (χ4v) is 2.28. The molecular weight excluding hydrogens is 451 g/mol. The van der Waals surface area contributed by atoms with Gasteiger partial charge in [0.1, 0.15) is 5.60 Å². The zero-order valence-corrected chi connectivity index (χ0v) is 18.8. The molecule has 8 nitrogen and oxygen atoms in total. The standard InChI is InChI=1S/C17H32N4O4.HI/c1-13(2)24-14(22)7-6-8-19-15(18)20-9-11-21(12-10-20)16(23)25-17(3,4)5;/h13H,6-12H2,1-5H3,(H2,18,19);1H. The number of carbonyl (C=O) groups excluding carboxylic acids is 2. The molecule has 0 aromatic heterocycles. The molecule has 0 atom stereocenters. The molecule has 26 heavy (non-hydrogen) atoms. The Hall–Kier alpha value is -1.26. The molecule has 0 bridgehead atoms. The van der Waals surface area contributed by atoms with E-state index in [1.54, 1.807) is 4.90 Å². The van der Waals surface area contributed by atoms with E-state index in [-0.39, 0.29) is 42.1 Å². The van der Waals surface area contributed by atoms with Crippen molar-refractivity contribution in [2.45, 2.75) is 59.2 Å². The van der Waals surface area contributed by atoms with E-state index in [0.29, 0.717) is 51.5 Å². The van der Waals surface area contributed by atoms with Crippen LogP contribution in [0.1, 0.15) is 47.5 Å². The number of guanidine groups is 1. The van der Waals surface area contributed by atoms with Crippen molar-refractivity contribution in [3.63, 3.8) is 0 Å². The number of hydrogen-bond acceptors (Lipinski definition) is 5. The van der Waals surface area contributed by atoms with Gasteiger partial charge in [-0.2, -0.15) is 0 Å². The maximum atomic E-state index is 12.0. The Kier molecular flexibility index (Phi) is 10.9. The summed E-state index contributed by atoms with van der Waals surface area (Å²) >= 11 is 0. The van der Waals surface area contributed by atoms with Gasteiger partial charge in [-0.1, -0.05) is 0 Å². The molecule has 9 heteroatoms. The molecule has 0 aromatic carbocycles. The van der Waals surface area contributed by atoms with E-state index < -0.39 is 5.60 Å². The predicted molar refractivity (Wildman–Crippen MR) is 112 cm³/mol. The molecule has 1 aliphatic rings. The number of halogens is 1. The number of aliphatic imine (C=N–C) groups is 1. The number of rotatable bonds is 5. The highest BCUT2D eigenvalue weighted by Crippen LogP contribution is 2.11. The third kappa shape index (κ3) is 10.0. The largest absolute Gasteiger partial charge is 0.463 e. The first-order chi connectivity index (χ1) is 11.6. The third-order valence-electron chi connectivity index (χ3n) is 3.44. The number of ether oxygens (including phenoxy) is 2. The maximum absolute atomic E-state index is 12.0. The highest BCUT2D eigenvalue weighted by Gasteiger charge is 2.26. The summed E-state index contributed by atoms with van der Waals surface area (Å²) in [6, 6.07) is 0. The molecule has 0 unspecified atom stereocenters. The first-order valence-corrected chi connectivity index (χ1v) is 8.81. The Morgan fingerprint density at radius 1 is 1.12 bits per heavy atom. The fraction of sp³-hybridized carbons (Fsp3) is 0.824. The molecule has 2 N–H and O–H groups in total. The molecule has 0 aliphatic carbocycles. The van der Waals surface area contributed by atoms with Crippen molar-refractivity contribution in [3.8, 4) is 0 Å². The van der Waals surface area contributed by atoms with E-state index >= 15 is 0 Å². The van der Waals surface area contributed by atoms with Crippen LogP contribution in [0.25, 0.3) is 0 Å². The lowest BCUT2D eigenvalue weighted by Gasteiger charge is -2.36. The van der Waals surface area contributed by atoms with Gasteiger partial charge in [-0.25, -0.2) is 4.79 Å². The quantitative estimate of drug-likeness (QED) is 0.211. The lowest BCUT2D eigenvalue weighted by Crippen LogP contribution is -2.53. The lowest BCUT2D eigenvalue weighted by atomic mass is 10.2. The van der Waals surface area contributed by atoms with E-state index in [1.807, 2.05) is 39.5 Å².